The molecule has 0 atom stereocenters. The standard InChI is InChI=1S/C20H21ClO6/c1-11(2)26-19(25)20(3,4)27-13-6-8-15(17(23)10-13)18(24)14-7-5-12(21)9-16(14)22/h5-11,22-23H,1-4H3. The second kappa shape index (κ2) is 7.88. The SMILES string of the molecule is CC(C)OC(=O)C(C)(C)Oc1ccc(C(=O)c2ccc(Cl)cc2O)c(O)c1. The summed E-state index contributed by atoms with van der Waals surface area (Å²) in [4.78, 5) is 24.6. The Hall–Kier alpha value is -2.73. The number of carbonyl (C=O) groups is 2. The van der Waals surface area contributed by atoms with Crippen LogP contribution in [-0.2, 0) is 9.53 Å². The maximum absolute atomic E-state index is 12.5. The lowest BCUT2D eigenvalue weighted by molar-refractivity contribution is -0.163. The summed E-state index contributed by atoms with van der Waals surface area (Å²) >= 11 is 5.76. The third-order valence-corrected chi connectivity index (χ3v) is 3.86. The van der Waals surface area contributed by atoms with Crippen LogP contribution in [0.3, 0.4) is 0 Å². The van der Waals surface area contributed by atoms with Crippen LogP contribution >= 0.6 is 11.6 Å². The zero-order valence-corrected chi connectivity index (χ0v) is 16.2. The van der Waals surface area contributed by atoms with E-state index in [-0.39, 0.29) is 39.5 Å². The average molecular weight is 393 g/mol. The fourth-order valence-corrected chi connectivity index (χ4v) is 2.47. The molecule has 0 saturated heterocycles. The normalized spacial score (nSPS) is 11.3. The first-order chi connectivity index (χ1) is 12.5. The van der Waals surface area contributed by atoms with E-state index in [9.17, 15) is 19.8 Å². The first kappa shape index (κ1) is 20.6. The summed E-state index contributed by atoms with van der Waals surface area (Å²) in [5.41, 5.74) is -1.30. The molecule has 6 nitrogen and oxygen atoms in total. The smallest absolute Gasteiger partial charge is 0.350 e. The van der Waals surface area contributed by atoms with Crippen molar-refractivity contribution in [1.82, 2.24) is 0 Å². The van der Waals surface area contributed by atoms with Gasteiger partial charge in [0.1, 0.15) is 17.2 Å². The van der Waals surface area contributed by atoms with Crippen molar-refractivity contribution < 1.29 is 29.3 Å². The van der Waals surface area contributed by atoms with Gasteiger partial charge in [0.25, 0.3) is 0 Å². The molecule has 0 saturated carbocycles. The molecule has 0 bridgehead atoms. The van der Waals surface area contributed by atoms with Crippen molar-refractivity contribution in [2.75, 3.05) is 0 Å². The third kappa shape index (κ3) is 4.92. The molecule has 0 heterocycles. The Labute approximate surface area is 162 Å². The maximum atomic E-state index is 12.5. The van der Waals surface area contributed by atoms with Crippen molar-refractivity contribution >= 4 is 23.4 Å². The molecule has 2 aromatic carbocycles. The van der Waals surface area contributed by atoms with Crippen molar-refractivity contribution in [3.63, 3.8) is 0 Å². The summed E-state index contributed by atoms with van der Waals surface area (Å²) in [6.45, 7) is 6.54. The minimum atomic E-state index is -1.28. The molecule has 2 aromatic rings. The highest BCUT2D eigenvalue weighted by Crippen LogP contribution is 2.31. The molecule has 0 unspecified atom stereocenters. The van der Waals surface area contributed by atoms with Gasteiger partial charge in [-0.25, -0.2) is 4.79 Å². The first-order valence-corrected chi connectivity index (χ1v) is 8.65. The van der Waals surface area contributed by atoms with Crippen molar-refractivity contribution in [2.45, 2.75) is 39.4 Å². The van der Waals surface area contributed by atoms with Gasteiger partial charge >= 0.3 is 5.97 Å². The number of ketones is 1. The molecule has 0 radical (unpaired) electrons. The molecule has 7 heteroatoms. The van der Waals surface area contributed by atoms with Crippen molar-refractivity contribution in [3.05, 3.63) is 52.5 Å². The van der Waals surface area contributed by atoms with Gasteiger partial charge in [-0.05, 0) is 58.0 Å². The number of esters is 1. The molecular weight excluding hydrogens is 372 g/mol. The summed E-state index contributed by atoms with van der Waals surface area (Å²) < 4.78 is 10.8. The van der Waals surface area contributed by atoms with E-state index in [0.717, 1.165) is 0 Å². The number of ether oxygens (including phenoxy) is 2. The van der Waals surface area contributed by atoms with Crippen LogP contribution in [0, 0.1) is 0 Å². The summed E-state index contributed by atoms with van der Waals surface area (Å²) in [5, 5.41) is 20.4. The highest BCUT2D eigenvalue weighted by atomic mass is 35.5. The lowest BCUT2D eigenvalue weighted by Crippen LogP contribution is -2.40. The lowest BCUT2D eigenvalue weighted by atomic mass is 10.0. The lowest BCUT2D eigenvalue weighted by Gasteiger charge is -2.25. The van der Waals surface area contributed by atoms with E-state index in [4.69, 9.17) is 21.1 Å². The van der Waals surface area contributed by atoms with Crippen LogP contribution in [0.5, 0.6) is 17.2 Å². The number of hydrogen-bond donors (Lipinski definition) is 2. The highest BCUT2D eigenvalue weighted by Gasteiger charge is 2.33. The van der Waals surface area contributed by atoms with Crippen LogP contribution in [0.25, 0.3) is 0 Å². The number of halogens is 1. The van der Waals surface area contributed by atoms with E-state index in [1.807, 2.05) is 0 Å². The van der Waals surface area contributed by atoms with Crippen LogP contribution in [0.1, 0.15) is 43.6 Å². The number of carbonyl (C=O) groups excluding carboxylic acids is 2. The number of phenols is 2. The van der Waals surface area contributed by atoms with Gasteiger partial charge in [-0.1, -0.05) is 11.6 Å². The maximum Gasteiger partial charge on any atom is 0.350 e. The topological polar surface area (TPSA) is 93.1 Å². The molecule has 27 heavy (non-hydrogen) atoms. The second-order valence-electron chi connectivity index (χ2n) is 6.74. The monoisotopic (exact) mass is 392 g/mol. The quantitative estimate of drug-likeness (QED) is 0.568. The van der Waals surface area contributed by atoms with Crippen LogP contribution in [-0.4, -0.2) is 33.7 Å². The van der Waals surface area contributed by atoms with Crippen molar-refractivity contribution in [3.8, 4) is 17.2 Å². The zero-order valence-electron chi connectivity index (χ0n) is 15.4. The number of benzene rings is 2. The van der Waals surface area contributed by atoms with Gasteiger partial charge < -0.3 is 19.7 Å². The van der Waals surface area contributed by atoms with Crippen LogP contribution in [0.2, 0.25) is 5.02 Å². The largest absolute Gasteiger partial charge is 0.507 e. The zero-order chi connectivity index (χ0) is 20.4. The molecular formula is C20H21ClO6. The van der Waals surface area contributed by atoms with Gasteiger partial charge in [-0.3, -0.25) is 4.79 Å². The first-order valence-electron chi connectivity index (χ1n) is 8.27. The molecule has 0 aromatic heterocycles. The fraction of sp³-hybridized carbons (Fsp3) is 0.300. The molecule has 0 aliphatic heterocycles. The van der Waals surface area contributed by atoms with E-state index in [2.05, 4.69) is 0 Å². The predicted octanol–water partition coefficient (Wildman–Crippen LogP) is 4.09. The van der Waals surface area contributed by atoms with Gasteiger partial charge in [-0.15, -0.1) is 0 Å². The van der Waals surface area contributed by atoms with E-state index in [1.165, 1.54) is 36.4 Å². The molecule has 0 fully saturated rings. The number of rotatable bonds is 6. The Morgan fingerprint density at radius 1 is 1.00 bits per heavy atom. The van der Waals surface area contributed by atoms with Crippen molar-refractivity contribution in [2.24, 2.45) is 0 Å². The van der Waals surface area contributed by atoms with Gasteiger partial charge in [0.15, 0.2) is 11.4 Å². The van der Waals surface area contributed by atoms with E-state index < -0.39 is 17.4 Å². The second-order valence-corrected chi connectivity index (χ2v) is 7.17. The van der Waals surface area contributed by atoms with Gasteiger partial charge in [-0.2, -0.15) is 0 Å². The van der Waals surface area contributed by atoms with Crippen LogP contribution in [0.15, 0.2) is 36.4 Å². The summed E-state index contributed by atoms with van der Waals surface area (Å²) in [7, 11) is 0. The highest BCUT2D eigenvalue weighted by molar-refractivity contribution is 6.31. The molecule has 0 aliphatic carbocycles. The Morgan fingerprint density at radius 2 is 1.56 bits per heavy atom. The van der Waals surface area contributed by atoms with Crippen LogP contribution in [0.4, 0.5) is 0 Å². The van der Waals surface area contributed by atoms with E-state index in [0.29, 0.717) is 0 Å². The van der Waals surface area contributed by atoms with Gasteiger partial charge in [0, 0.05) is 11.1 Å². The Kier molecular flexibility index (Phi) is 6.01. The minimum absolute atomic E-state index is 0.00390. The fourth-order valence-electron chi connectivity index (χ4n) is 2.30. The third-order valence-electron chi connectivity index (χ3n) is 3.63. The molecule has 144 valence electrons. The number of aromatic hydroxyl groups is 2. The molecule has 0 spiro atoms. The predicted molar refractivity (Wildman–Crippen MR) is 101 cm³/mol. The van der Waals surface area contributed by atoms with Crippen LogP contribution < -0.4 is 4.74 Å². The number of phenolic OH excluding ortho intramolecular Hbond substituents is 2. The minimum Gasteiger partial charge on any atom is -0.507 e. The Balaban J connectivity index is 2.25. The van der Waals surface area contributed by atoms with E-state index in [1.54, 1.807) is 27.7 Å². The Morgan fingerprint density at radius 3 is 2.07 bits per heavy atom. The molecule has 0 aliphatic rings. The summed E-state index contributed by atoms with van der Waals surface area (Å²) in [6, 6.07) is 8.10. The Bertz CT molecular complexity index is 873. The molecule has 2 rings (SSSR count). The molecule has 0 amide bonds. The molecule has 2 N–H and O–H groups in total. The summed E-state index contributed by atoms with van der Waals surface area (Å²) in [5.74, 6) is -1.57. The van der Waals surface area contributed by atoms with Crippen molar-refractivity contribution in [1.29, 1.82) is 0 Å². The summed E-state index contributed by atoms with van der Waals surface area (Å²) in [6.07, 6.45) is -0.291. The average Bonchev–Trinajstić information content (AvgIpc) is 2.53. The van der Waals surface area contributed by atoms with Gasteiger partial charge in [0.2, 0.25) is 0 Å². The van der Waals surface area contributed by atoms with E-state index >= 15 is 0 Å². The van der Waals surface area contributed by atoms with Gasteiger partial charge in [0.05, 0.1) is 17.2 Å². The number of hydrogen-bond acceptors (Lipinski definition) is 6.